The minimum atomic E-state index is -0.535. The summed E-state index contributed by atoms with van der Waals surface area (Å²) in [4.78, 5) is 56.1. The molecule has 1 fully saturated rings. The summed E-state index contributed by atoms with van der Waals surface area (Å²) in [6, 6.07) is 2.87. The molecule has 0 atom stereocenters. The molecule has 1 saturated heterocycles. The van der Waals surface area contributed by atoms with Gasteiger partial charge < -0.3 is 26.6 Å². The molecule has 202 valence electrons. The summed E-state index contributed by atoms with van der Waals surface area (Å²) in [7, 11) is 1.59. The number of aliphatic imine (C=N–C) groups is 1. The van der Waals surface area contributed by atoms with Crippen LogP contribution < -0.4 is 32.3 Å². The Morgan fingerprint density at radius 2 is 1.89 bits per heavy atom. The number of amides is 4. The molecule has 1 spiro atoms. The van der Waals surface area contributed by atoms with Gasteiger partial charge in [0.2, 0.25) is 0 Å². The number of halogens is 1. The molecule has 0 radical (unpaired) electrons. The zero-order chi connectivity index (χ0) is 27.4. The second-order valence-electron chi connectivity index (χ2n) is 9.35. The summed E-state index contributed by atoms with van der Waals surface area (Å²) in [5.74, 6) is 0.208. The molecule has 0 saturated carbocycles. The van der Waals surface area contributed by atoms with Crippen molar-refractivity contribution in [2.45, 2.75) is 38.3 Å². The highest BCUT2D eigenvalue weighted by Gasteiger charge is 2.40. The molecule has 4 amide bonds. The Morgan fingerprint density at radius 1 is 1.16 bits per heavy atom. The Balaban J connectivity index is 1.30. The van der Waals surface area contributed by atoms with Crippen molar-refractivity contribution in [1.29, 1.82) is 0 Å². The number of rotatable bonds is 5. The van der Waals surface area contributed by atoms with Gasteiger partial charge in [0.05, 0.1) is 17.6 Å². The van der Waals surface area contributed by atoms with Crippen LogP contribution in [0.5, 0.6) is 0 Å². The monoisotopic (exact) mass is 543 g/mol. The average Bonchev–Trinajstić information content (AvgIpc) is 3.26. The quantitative estimate of drug-likeness (QED) is 0.319. The van der Waals surface area contributed by atoms with Crippen molar-refractivity contribution in [2.75, 3.05) is 43.0 Å². The van der Waals surface area contributed by atoms with Crippen molar-refractivity contribution < 1.29 is 14.4 Å². The average molecular weight is 544 g/mol. The van der Waals surface area contributed by atoms with Crippen LogP contribution in [-0.2, 0) is 0 Å². The number of likely N-dealkylation sites (tertiary alicyclic amines) is 1. The van der Waals surface area contributed by atoms with Crippen molar-refractivity contribution in [3.05, 3.63) is 34.7 Å². The van der Waals surface area contributed by atoms with Crippen LogP contribution in [0.2, 0.25) is 5.15 Å². The molecule has 0 aromatic carbocycles. The number of piperidine rings is 1. The van der Waals surface area contributed by atoms with Gasteiger partial charge in [-0.25, -0.2) is 19.7 Å². The molecule has 15 heteroatoms. The number of carbonyl (C=O) groups is 3. The first kappa shape index (κ1) is 26.9. The molecule has 2 aromatic rings. The number of hydrogen-bond acceptors (Lipinski definition) is 10. The van der Waals surface area contributed by atoms with Crippen LogP contribution in [0, 0.1) is 0 Å². The fourth-order valence-electron chi connectivity index (χ4n) is 4.17. The van der Waals surface area contributed by atoms with Gasteiger partial charge in [-0.15, -0.1) is 0 Å². The van der Waals surface area contributed by atoms with Gasteiger partial charge in [0.1, 0.15) is 5.82 Å². The van der Waals surface area contributed by atoms with Gasteiger partial charge in [-0.05, 0) is 38.8 Å². The van der Waals surface area contributed by atoms with Crippen LogP contribution in [0.3, 0.4) is 0 Å². The van der Waals surface area contributed by atoms with E-state index >= 15 is 0 Å². The smallest absolute Gasteiger partial charge is 0.320 e. The number of nitrogens with one attached hydrogen (secondary N) is 5. The standard InChI is InChI=1S/C23H30ClN11O3/c1-12(2)29-22(38)30-14-5-4-13(10-27-14)20(37)35-8-6-23(7-9-35)11-28-21(34-23)33-19(36)15-18(26-3)32-17(25)16(24)31-15/h4-5,10,12H,6-9,11H2,1-3H3,(H3,25,26,32)(H2,27,29,30,38)(H2,28,33,34,36). The zero-order valence-corrected chi connectivity index (χ0v) is 22.0. The number of nitrogens with two attached hydrogens (primary N) is 1. The first-order chi connectivity index (χ1) is 18.1. The van der Waals surface area contributed by atoms with Crippen LogP contribution in [-0.4, -0.2) is 81.9 Å². The van der Waals surface area contributed by atoms with Crippen LogP contribution in [0.1, 0.15) is 47.5 Å². The van der Waals surface area contributed by atoms with Gasteiger partial charge in [0.15, 0.2) is 28.4 Å². The summed E-state index contributed by atoms with van der Waals surface area (Å²) >= 11 is 5.94. The second-order valence-corrected chi connectivity index (χ2v) is 9.71. The predicted octanol–water partition coefficient (Wildman–Crippen LogP) is 1.04. The molecule has 4 rings (SSSR count). The lowest BCUT2D eigenvalue weighted by Crippen LogP contribution is -2.57. The lowest BCUT2D eigenvalue weighted by molar-refractivity contribution is 0.0668. The van der Waals surface area contributed by atoms with Crippen molar-refractivity contribution in [2.24, 2.45) is 4.99 Å². The Bertz CT molecular complexity index is 1260. The fourth-order valence-corrected chi connectivity index (χ4v) is 4.30. The van der Waals surface area contributed by atoms with E-state index in [-0.39, 0.29) is 46.0 Å². The Morgan fingerprint density at radius 3 is 2.53 bits per heavy atom. The second kappa shape index (κ2) is 11.0. The van der Waals surface area contributed by atoms with E-state index in [9.17, 15) is 14.4 Å². The van der Waals surface area contributed by atoms with Crippen LogP contribution in [0.15, 0.2) is 23.3 Å². The van der Waals surface area contributed by atoms with E-state index in [4.69, 9.17) is 17.3 Å². The molecule has 2 aliphatic rings. The maximum Gasteiger partial charge on any atom is 0.320 e. The number of guanidine groups is 1. The Hall–Kier alpha value is -4.20. The molecule has 38 heavy (non-hydrogen) atoms. The summed E-state index contributed by atoms with van der Waals surface area (Å²) in [6.07, 6.45) is 2.73. The molecule has 2 aliphatic heterocycles. The topological polar surface area (TPSA) is 192 Å². The number of carbonyl (C=O) groups excluding carboxylic acids is 3. The van der Waals surface area contributed by atoms with Gasteiger partial charge in [0, 0.05) is 32.4 Å². The maximum atomic E-state index is 13.0. The van der Waals surface area contributed by atoms with Crippen LogP contribution in [0.25, 0.3) is 0 Å². The van der Waals surface area contributed by atoms with Crippen LogP contribution >= 0.6 is 11.6 Å². The third-order valence-corrected chi connectivity index (χ3v) is 6.44. The molecule has 7 N–H and O–H groups in total. The van der Waals surface area contributed by atoms with Gasteiger partial charge in [-0.1, -0.05) is 11.6 Å². The molecule has 14 nitrogen and oxygen atoms in total. The molecular weight excluding hydrogens is 514 g/mol. The number of nitrogen functional groups attached to an aromatic ring is 1. The van der Waals surface area contributed by atoms with E-state index in [0.717, 1.165) is 0 Å². The van der Waals surface area contributed by atoms with Crippen molar-refractivity contribution in [1.82, 2.24) is 35.8 Å². The summed E-state index contributed by atoms with van der Waals surface area (Å²) in [6.45, 7) is 5.17. The van der Waals surface area contributed by atoms with Gasteiger partial charge in [-0.3, -0.25) is 25.2 Å². The molecule has 4 heterocycles. The third-order valence-electron chi connectivity index (χ3n) is 6.16. The van der Waals surface area contributed by atoms with Crippen LogP contribution in [0.4, 0.5) is 22.2 Å². The minimum Gasteiger partial charge on any atom is -0.381 e. The molecule has 2 aromatic heterocycles. The lowest BCUT2D eigenvalue weighted by atomic mass is 9.88. The number of hydrogen-bond donors (Lipinski definition) is 6. The molecule has 0 bridgehead atoms. The van der Waals surface area contributed by atoms with E-state index < -0.39 is 5.91 Å². The molecular formula is C23H30ClN11O3. The summed E-state index contributed by atoms with van der Waals surface area (Å²) in [5, 5.41) is 14.1. The molecule has 0 aliphatic carbocycles. The zero-order valence-electron chi connectivity index (χ0n) is 21.3. The van der Waals surface area contributed by atoms with Crippen molar-refractivity contribution in [3.8, 4) is 0 Å². The van der Waals surface area contributed by atoms with E-state index in [1.807, 2.05) is 13.8 Å². The van der Waals surface area contributed by atoms with Gasteiger partial charge in [-0.2, -0.15) is 0 Å². The number of nitrogens with zero attached hydrogens (tertiary/aromatic N) is 5. The predicted molar refractivity (Wildman–Crippen MR) is 143 cm³/mol. The largest absolute Gasteiger partial charge is 0.381 e. The first-order valence-corrected chi connectivity index (χ1v) is 12.4. The van der Waals surface area contributed by atoms with Gasteiger partial charge in [0.25, 0.3) is 11.8 Å². The fraction of sp³-hybridized carbons (Fsp3) is 0.435. The third kappa shape index (κ3) is 6.02. The number of pyridine rings is 1. The highest BCUT2D eigenvalue weighted by Crippen LogP contribution is 2.27. The van der Waals surface area contributed by atoms with E-state index in [1.165, 1.54) is 6.20 Å². The highest BCUT2D eigenvalue weighted by molar-refractivity contribution is 6.31. The van der Waals surface area contributed by atoms with E-state index in [2.05, 4.69) is 46.5 Å². The maximum absolute atomic E-state index is 13.0. The van der Waals surface area contributed by atoms with E-state index in [0.29, 0.717) is 49.8 Å². The Kier molecular flexibility index (Phi) is 7.80. The van der Waals surface area contributed by atoms with Crippen molar-refractivity contribution in [3.63, 3.8) is 0 Å². The van der Waals surface area contributed by atoms with E-state index in [1.54, 1.807) is 24.1 Å². The first-order valence-electron chi connectivity index (χ1n) is 12.1. The lowest BCUT2D eigenvalue weighted by Gasteiger charge is -2.39. The number of urea groups is 1. The SMILES string of the molecule is CNc1nc(N)c(Cl)nc1C(=O)NC1=NCC2(CCN(C(=O)c3ccc(NC(=O)NC(C)C)nc3)CC2)N1. The summed E-state index contributed by atoms with van der Waals surface area (Å²) < 4.78 is 0. The van der Waals surface area contributed by atoms with Crippen molar-refractivity contribution >= 4 is 52.9 Å². The Labute approximate surface area is 224 Å². The summed E-state index contributed by atoms with van der Waals surface area (Å²) in [5.41, 5.74) is 5.72. The minimum absolute atomic E-state index is 0.00583. The van der Waals surface area contributed by atoms with Gasteiger partial charge >= 0.3 is 6.03 Å². The normalized spacial score (nSPS) is 16.0. The number of anilines is 3. The highest BCUT2D eigenvalue weighted by atomic mass is 35.5. The molecule has 0 unspecified atom stereocenters. The number of aromatic nitrogens is 3.